The Morgan fingerprint density at radius 1 is 1.24 bits per heavy atom. The van der Waals surface area contributed by atoms with E-state index in [4.69, 9.17) is 10.5 Å². The average Bonchev–Trinajstić information content (AvgIpc) is 2.45. The lowest BCUT2D eigenvalue weighted by molar-refractivity contribution is -0.138. The molecule has 0 fully saturated rings. The Labute approximate surface area is 119 Å². The first-order valence-electron chi connectivity index (χ1n) is 5.97. The first-order valence-corrected chi connectivity index (χ1v) is 5.97. The maximum Gasteiger partial charge on any atom is 0.416 e. The lowest BCUT2D eigenvalue weighted by Crippen LogP contribution is -2.13. The molecule has 8 heteroatoms. The minimum Gasteiger partial charge on any atom is -0.479 e. The maximum absolute atomic E-state index is 12.9. The normalized spacial score (nSPS) is 11.2. The van der Waals surface area contributed by atoms with Crippen LogP contribution in [0.3, 0.4) is 0 Å². The summed E-state index contributed by atoms with van der Waals surface area (Å²) in [7, 11) is 1.39. The highest BCUT2D eigenvalue weighted by Crippen LogP contribution is 2.32. The molecule has 5 nitrogen and oxygen atoms in total. The highest BCUT2D eigenvalue weighted by Gasteiger charge is 2.32. The van der Waals surface area contributed by atoms with Crippen LogP contribution in [0, 0.1) is 0 Å². The van der Waals surface area contributed by atoms with Gasteiger partial charge >= 0.3 is 6.18 Å². The minimum absolute atomic E-state index is 0.0694. The number of nitrogens with two attached hydrogens (primary N) is 1. The number of rotatable bonds is 4. The van der Waals surface area contributed by atoms with Gasteiger partial charge in [0, 0.05) is 6.54 Å². The number of nitrogens with one attached hydrogen (secondary N) is 1. The van der Waals surface area contributed by atoms with E-state index >= 15 is 0 Å². The van der Waals surface area contributed by atoms with Crippen LogP contribution in [-0.4, -0.2) is 17.1 Å². The third-order valence-corrected chi connectivity index (χ3v) is 2.81. The lowest BCUT2D eigenvalue weighted by atomic mass is 10.1. The number of aromatic nitrogens is 2. The number of benzene rings is 1. The Balaban J connectivity index is 2.22. The molecular formula is C13H13F3N4O. The summed E-state index contributed by atoms with van der Waals surface area (Å²) in [4.78, 5) is 7.68. The van der Waals surface area contributed by atoms with Gasteiger partial charge in [0.1, 0.15) is 12.0 Å². The topological polar surface area (TPSA) is 73.1 Å². The third-order valence-electron chi connectivity index (χ3n) is 2.81. The molecule has 1 heterocycles. The van der Waals surface area contributed by atoms with Gasteiger partial charge in [0.05, 0.1) is 12.7 Å². The van der Waals surface area contributed by atoms with Crippen molar-refractivity contribution in [2.75, 3.05) is 18.2 Å². The molecule has 3 N–H and O–H groups in total. The number of nitrogens with zero attached hydrogens (tertiary/aromatic N) is 2. The summed E-state index contributed by atoms with van der Waals surface area (Å²) < 4.78 is 43.5. The number of hydrogen-bond donors (Lipinski definition) is 2. The number of anilines is 2. The molecule has 112 valence electrons. The fourth-order valence-electron chi connectivity index (χ4n) is 1.81. The van der Waals surface area contributed by atoms with Gasteiger partial charge in [-0.1, -0.05) is 18.2 Å². The second-order valence-corrected chi connectivity index (χ2v) is 4.15. The van der Waals surface area contributed by atoms with Crippen molar-refractivity contribution in [2.24, 2.45) is 0 Å². The number of nitrogen functional groups attached to an aromatic ring is 1. The lowest BCUT2D eigenvalue weighted by Gasteiger charge is -2.14. The van der Waals surface area contributed by atoms with Gasteiger partial charge in [-0.05, 0) is 11.6 Å². The summed E-state index contributed by atoms with van der Waals surface area (Å²) in [5.41, 5.74) is 5.29. The molecule has 1 aromatic heterocycles. The van der Waals surface area contributed by atoms with E-state index in [1.807, 2.05) is 0 Å². The molecule has 0 amide bonds. The molecule has 2 rings (SSSR count). The predicted octanol–water partition coefficient (Wildman–Crippen LogP) is 2.70. The third kappa shape index (κ3) is 3.33. The predicted molar refractivity (Wildman–Crippen MR) is 71.8 cm³/mol. The van der Waals surface area contributed by atoms with E-state index in [0.717, 1.165) is 6.07 Å². The molecule has 0 aliphatic heterocycles. The summed E-state index contributed by atoms with van der Waals surface area (Å²) >= 11 is 0. The Morgan fingerprint density at radius 2 is 1.95 bits per heavy atom. The Hall–Kier alpha value is -2.51. The molecule has 21 heavy (non-hydrogen) atoms. The smallest absolute Gasteiger partial charge is 0.416 e. The van der Waals surface area contributed by atoms with Crippen molar-refractivity contribution in [3.8, 4) is 5.88 Å². The quantitative estimate of drug-likeness (QED) is 0.908. The van der Waals surface area contributed by atoms with E-state index in [2.05, 4.69) is 15.3 Å². The molecule has 0 spiro atoms. The molecule has 0 atom stereocenters. The molecule has 0 saturated carbocycles. The molecule has 0 unspecified atom stereocenters. The van der Waals surface area contributed by atoms with Gasteiger partial charge in [-0.2, -0.15) is 18.2 Å². The minimum atomic E-state index is -4.41. The zero-order chi connectivity index (χ0) is 15.5. The number of halogens is 3. The molecule has 1 aromatic carbocycles. The van der Waals surface area contributed by atoms with Gasteiger partial charge in [0.2, 0.25) is 5.88 Å². The van der Waals surface area contributed by atoms with Crippen molar-refractivity contribution in [3.05, 3.63) is 41.7 Å². The van der Waals surface area contributed by atoms with Crippen LogP contribution in [0.2, 0.25) is 0 Å². The first kappa shape index (κ1) is 14.9. The molecule has 0 radical (unpaired) electrons. The molecule has 2 aromatic rings. The van der Waals surface area contributed by atoms with Crippen molar-refractivity contribution in [3.63, 3.8) is 0 Å². The average molecular weight is 298 g/mol. The first-order chi connectivity index (χ1) is 9.93. The molecule has 0 bridgehead atoms. The number of hydrogen-bond acceptors (Lipinski definition) is 5. The highest BCUT2D eigenvalue weighted by molar-refractivity contribution is 5.66. The van der Waals surface area contributed by atoms with Gasteiger partial charge in [-0.25, -0.2) is 4.98 Å². The van der Waals surface area contributed by atoms with E-state index in [1.165, 1.54) is 31.6 Å². The Bertz CT molecular complexity index is 631. The van der Waals surface area contributed by atoms with E-state index < -0.39 is 11.7 Å². The van der Waals surface area contributed by atoms with Crippen LogP contribution >= 0.6 is 0 Å². The summed E-state index contributed by atoms with van der Waals surface area (Å²) in [5, 5.41) is 2.76. The van der Waals surface area contributed by atoms with E-state index in [1.54, 1.807) is 0 Å². The van der Waals surface area contributed by atoms with Crippen LogP contribution in [0.15, 0.2) is 30.6 Å². The van der Waals surface area contributed by atoms with Gasteiger partial charge < -0.3 is 15.8 Å². The second-order valence-electron chi connectivity index (χ2n) is 4.15. The van der Waals surface area contributed by atoms with Crippen LogP contribution in [0.5, 0.6) is 5.88 Å². The van der Waals surface area contributed by atoms with Crippen molar-refractivity contribution in [2.45, 2.75) is 12.7 Å². The van der Waals surface area contributed by atoms with Crippen LogP contribution in [0.1, 0.15) is 11.1 Å². The highest BCUT2D eigenvalue weighted by atomic mass is 19.4. The SMILES string of the molecule is COc1ncnc(NCc2ccccc2C(F)(F)F)c1N. The number of alkyl halides is 3. The van der Waals surface area contributed by atoms with E-state index in [9.17, 15) is 13.2 Å². The summed E-state index contributed by atoms with van der Waals surface area (Å²) in [5.74, 6) is 0.385. The van der Waals surface area contributed by atoms with Crippen LogP contribution in [0.4, 0.5) is 24.7 Å². The molecule has 0 saturated heterocycles. The fraction of sp³-hybridized carbons (Fsp3) is 0.231. The molecule has 0 aliphatic rings. The summed E-state index contributed by atoms with van der Waals surface area (Å²) in [6, 6.07) is 5.30. The number of ether oxygens (including phenoxy) is 1. The van der Waals surface area contributed by atoms with Crippen molar-refractivity contribution < 1.29 is 17.9 Å². The van der Waals surface area contributed by atoms with Crippen molar-refractivity contribution in [1.82, 2.24) is 9.97 Å². The zero-order valence-electron chi connectivity index (χ0n) is 11.1. The maximum atomic E-state index is 12.9. The van der Waals surface area contributed by atoms with Crippen LogP contribution in [-0.2, 0) is 12.7 Å². The standard InChI is InChI=1S/C13H13F3N4O/c1-21-12-10(17)11(19-7-20-12)18-6-8-4-2-3-5-9(8)13(14,15)16/h2-5,7H,6,17H2,1H3,(H,18,19,20). The zero-order valence-corrected chi connectivity index (χ0v) is 11.1. The largest absolute Gasteiger partial charge is 0.479 e. The fourth-order valence-corrected chi connectivity index (χ4v) is 1.81. The Kier molecular flexibility index (Phi) is 4.15. The van der Waals surface area contributed by atoms with Crippen LogP contribution < -0.4 is 15.8 Å². The second kappa shape index (κ2) is 5.86. The van der Waals surface area contributed by atoms with Crippen LogP contribution in [0.25, 0.3) is 0 Å². The van der Waals surface area contributed by atoms with Gasteiger partial charge in [0.15, 0.2) is 5.82 Å². The van der Waals surface area contributed by atoms with Crippen molar-refractivity contribution >= 4 is 11.5 Å². The molecule has 0 aliphatic carbocycles. The summed E-state index contributed by atoms with van der Waals surface area (Å²) in [6.07, 6.45) is -3.19. The Morgan fingerprint density at radius 3 is 2.62 bits per heavy atom. The van der Waals surface area contributed by atoms with E-state index in [-0.39, 0.29) is 29.5 Å². The number of methoxy groups -OCH3 is 1. The van der Waals surface area contributed by atoms with E-state index in [0.29, 0.717) is 0 Å². The van der Waals surface area contributed by atoms with Gasteiger partial charge in [-0.3, -0.25) is 0 Å². The van der Waals surface area contributed by atoms with Gasteiger partial charge in [-0.15, -0.1) is 0 Å². The molecular weight excluding hydrogens is 285 g/mol. The monoisotopic (exact) mass is 298 g/mol. The van der Waals surface area contributed by atoms with Crippen molar-refractivity contribution in [1.29, 1.82) is 0 Å². The van der Waals surface area contributed by atoms with Gasteiger partial charge in [0.25, 0.3) is 0 Å². The summed E-state index contributed by atoms with van der Waals surface area (Å²) in [6.45, 7) is -0.0694.